The van der Waals surface area contributed by atoms with Crippen LogP contribution in [-0.4, -0.2) is 27.3 Å². The highest BCUT2D eigenvalue weighted by molar-refractivity contribution is 5.74. The van der Waals surface area contributed by atoms with E-state index in [0.717, 1.165) is 0 Å². The molecule has 0 radical (unpaired) electrons. The average Bonchev–Trinajstić information content (AvgIpc) is 2.25. The van der Waals surface area contributed by atoms with Crippen molar-refractivity contribution in [3.63, 3.8) is 0 Å². The summed E-state index contributed by atoms with van der Waals surface area (Å²) in [6.07, 6.45) is 0.130. The number of hydrazine groups is 1. The van der Waals surface area contributed by atoms with Crippen molar-refractivity contribution in [3.05, 3.63) is 23.3 Å². The van der Waals surface area contributed by atoms with E-state index in [2.05, 4.69) is 5.43 Å². The molecule has 6 N–H and O–H groups in total. The summed E-state index contributed by atoms with van der Waals surface area (Å²) in [4.78, 5) is 10.7. The zero-order chi connectivity index (χ0) is 12.3. The number of aromatic hydroxyl groups is 2. The van der Waals surface area contributed by atoms with Crippen LogP contribution in [0.3, 0.4) is 0 Å². The SMILES string of the molecule is Cc1c(C[C@H](NN)C(=O)O)ccc(O)c1O. The Labute approximate surface area is 92.3 Å². The minimum atomic E-state index is -1.07. The van der Waals surface area contributed by atoms with Crippen LogP contribution in [0.25, 0.3) is 0 Å². The first-order valence-corrected chi connectivity index (χ1v) is 4.66. The third kappa shape index (κ3) is 2.41. The van der Waals surface area contributed by atoms with E-state index >= 15 is 0 Å². The summed E-state index contributed by atoms with van der Waals surface area (Å²) in [6.45, 7) is 1.60. The molecule has 0 aromatic heterocycles. The fourth-order valence-corrected chi connectivity index (χ4v) is 1.39. The average molecular weight is 226 g/mol. The van der Waals surface area contributed by atoms with Crippen LogP contribution in [0.5, 0.6) is 11.5 Å². The lowest BCUT2D eigenvalue weighted by molar-refractivity contribution is -0.139. The Morgan fingerprint density at radius 3 is 2.62 bits per heavy atom. The molecule has 6 nitrogen and oxygen atoms in total. The molecule has 6 heteroatoms. The van der Waals surface area contributed by atoms with Crippen LogP contribution in [0.2, 0.25) is 0 Å². The quantitative estimate of drug-likeness (QED) is 0.277. The standard InChI is InChI=1S/C10H14N2O4/c1-5-6(2-3-8(13)9(5)14)4-7(12-11)10(15)16/h2-3,7,12-14H,4,11H2,1H3,(H,15,16)/t7-/m0/s1. The highest BCUT2D eigenvalue weighted by Crippen LogP contribution is 2.30. The van der Waals surface area contributed by atoms with Gasteiger partial charge in [0.25, 0.3) is 0 Å². The first kappa shape index (κ1) is 12.3. The van der Waals surface area contributed by atoms with Gasteiger partial charge < -0.3 is 15.3 Å². The normalized spacial score (nSPS) is 12.4. The van der Waals surface area contributed by atoms with Gasteiger partial charge in [0.15, 0.2) is 11.5 Å². The Hall–Kier alpha value is -1.79. The van der Waals surface area contributed by atoms with Gasteiger partial charge in [-0.05, 0) is 24.1 Å². The van der Waals surface area contributed by atoms with Crippen LogP contribution < -0.4 is 11.3 Å². The second-order valence-corrected chi connectivity index (χ2v) is 3.48. The van der Waals surface area contributed by atoms with E-state index in [1.165, 1.54) is 6.07 Å². The molecule has 0 unspecified atom stereocenters. The van der Waals surface area contributed by atoms with E-state index in [4.69, 9.17) is 10.9 Å². The molecule has 0 spiro atoms. The first-order valence-electron chi connectivity index (χ1n) is 4.66. The Morgan fingerprint density at radius 2 is 2.12 bits per heavy atom. The molecule has 0 amide bonds. The van der Waals surface area contributed by atoms with Crippen molar-refractivity contribution in [2.24, 2.45) is 5.84 Å². The molecule has 1 rings (SSSR count). The third-order valence-electron chi connectivity index (χ3n) is 2.45. The number of benzene rings is 1. The van der Waals surface area contributed by atoms with E-state index in [9.17, 15) is 15.0 Å². The molecule has 1 atom stereocenters. The van der Waals surface area contributed by atoms with Gasteiger partial charge in [-0.1, -0.05) is 6.07 Å². The monoisotopic (exact) mass is 226 g/mol. The number of phenols is 2. The highest BCUT2D eigenvalue weighted by Gasteiger charge is 2.18. The van der Waals surface area contributed by atoms with Gasteiger partial charge in [0.1, 0.15) is 6.04 Å². The van der Waals surface area contributed by atoms with Gasteiger partial charge >= 0.3 is 5.97 Å². The summed E-state index contributed by atoms with van der Waals surface area (Å²) in [5, 5.41) is 27.5. The fourth-order valence-electron chi connectivity index (χ4n) is 1.39. The van der Waals surface area contributed by atoms with Gasteiger partial charge in [0.2, 0.25) is 0 Å². The van der Waals surface area contributed by atoms with Crippen LogP contribution in [0.15, 0.2) is 12.1 Å². The number of hydrogen-bond donors (Lipinski definition) is 5. The molecule has 0 bridgehead atoms. The molecule has 0 saturated carbocycles. The molecule has 0 aliphatic rings. The lowest BCUT2D eigenvalue weighted by Crippen LogP contribution is -2.42. The Morgan fingerprint density at radius 1 is 1.50 bits per heavy atom. The van der Waals surface area contributed by atoms with Gasteiger partial charge in [0, 0.05) is 6.42 Å². The Balaban J connectivity index is 2.97. The predicted molar refractivity (Wildman–Crippen MR) is 57.0 cm³/mol. The summed E-state index contributed by atoms with van der Waals surface area (Å²) in [5.74, 6) is 3.56. The third-order valence-corrected chi connectivity index (χ3v) is 2.45. The van der Waals surface area contributed by atoms with Gasteiger partial charge in [-0.2, -0.15) is 0 Å². The van der Waals surface area contributed by atoms with Crippen molar-refractivity contribution < 1.29 is 20.1 Å². The highest BCUT2D eigenvalue weighted by atomic mass is 16.4. The summed E-state index contributed by atoms with van der Waals surface area (Å²) in [7, 11) is 0. The maximum atomic E-state index is 10.7. The molecule has 1 aromatic rings. The number of phenolic OH excluding ortho intramolecular Hbond substituents is 2. The van der Waals surface area contributed by atoms with Crippen LogP contribution in [0, 0.1) is 6.92 Å². The zero-order valence-corrected chi connectivity index (χ0v) is 8.77. The minimum Gasteiger partial charge on any atom is -0.504 e. The molecule has 0 fully saturated rings. The van der Waals surface area contributed by atoms with Crippen LogP contribution in [-0.2, 0) is 11.2 Å². The molecule has 88 valence electrons. The van der Waals surface area contributed by atoms with E-state index in [1.54, 1.807) is 13.0 Å². The second-order valence-electron chi connectivity index (χ2n) is 3.48. The molecular weight excluding hydrogens is 212 g/mol. The zero-order valence-electron chi connectivity index (χ0n) is 8.77. The van der Waals surface area contributed by atoms with Gasteiger partial charge in [0.05, 0.1) is 0 Å². The van der Waals surface area contributed by atoms with Crippen molar-refractivity contribution in [2.45, 2.75) is 19.4 Å². The Bertz CT molecular complexity index is 406. The van der Waals surface area contributed by atoms with Crippen molar-refractivity contribution in [1.82, 2.24) is 5.43 Å². The largest absolute Gasteiger partial charge is 0.504 e. The molecule has 0 aliphatic carbocycles. The molecule has 0 aliphatic heterocycles. The lowest BCUT2D eigenvalue weighted by atomic mass is 10.0. The van der Waals surface area contributed by atoms with Gasteiger partial charge in [-0.3, -0.25) is 10.6 Å². The maximum absolute atomic E-state index is 10.7. The second kappa shape index (κ2) is 4.82. The number of carboxylic acids is 1. The summed E-state index contributed by atoms with van der Waals surface area (Å²) >= 11 is 0. The van der Waals surface area contributed by atoms with Crippen molar-refractivity contribution in [3.8, 4) is 11.5 Å². The number of aliphatic carboxylic acids is 1. The lowest BCUT2D eigenvalue weighted by Gasteiger charge is -2.13. The van der Waals surface area contributed by atoms with Crippen LogP contribution >= 0.6 is 0 Å². The minimum absolute atomic E-state index is 0.130. The smallest absolute Gasteiger partial charge is 0.322 e. The summed E-state index contributed by atoms with van der Waals surface area (Å²) in [6, 6.07) is 1.94. The molecular formula is C10H14N2O4. The van der Waals surface area contributed by atoms with Crippen molar-refractivity contribution in [1.29, 1.82) is 0 Å². The topological polar surface area (TPSA) is 116 Å². The molecule has 1 aromatic carbocycles. The van der Waals surface area contributed by atoms with E-state index < -0.39 is 12.0 Å². The maximum Gasteiger partial charge on any atom is 0.322 e. The first-order chi connectivity index (χ1) is 7.47. The van der Waals surface area contributed by atoms with E-state index in [1.807, 2.05) is 0 Å². The Kier molecular flexibility index (Phi) is 3.70. The number of nitrogens with two attached hydrogens (primary N) is 1. The van der Waals surface area contributed by atoms with Gasteiger partial charge in [-0.15, -0.1) is 0 Å². The molecule has 16 heavy (non-hydrogen) atoms. The molecule has 0 saturated heterocycles. The number of hydrogen-bond acceptors (Lipinski definition) is 5. The number of rotatable bonds is 4. The summed E-state index contributed by atoms with van der Waals surface area (Å²) in [5.41, 5.74) is 3.23. The molecule has 0 heterocycles. The van der Waals surface area contributed by atoms with E-state index in [-0.39, 0.29) is 17.9 Å². The van der Waals surface area contributed by atoms with Crippen LogP contribution in [0.1, 0.15) is 11.1 Å². The van der Waals surface area contributed by atoms with Gasteiger partial charge in [-0.25, -0.2) is 5.43 Å². The summed E-state index contributed by atoms with van der Waals surface area (Å²) < 4.78 is 0. The predicted octanol–water partition coefficient (Wildman–Crippen LogP) is -0.135. The van der Waals surface area contributed by atoms with E-state index in [0.29, 0.717) is 11.1 Å². The van der Waals surface area contributed by atoms with Crippen molar-refractivity contribution >= 4 is 5.97 Å². The number of nitrogens with one attached hydrogen (secondary N) is 1. The van der Waals surface area contributed by atoms with Crippen LogP contribution in [0.4, 0.5) is 0 Å². The van der Waals surface area contributed by atoms with Crippen molar-refractivity contribution in [2.75, 3.05) is 0 Å². The number of carboxylic acid groups (broad SMARTS) is 1. The fraction of sp³-hybridized carbons (Fsp3) is 0.300. The number of carbonyl (C=O) groups is 1.